The van der Waals surface area contributed by atoms with Crippen molar-refractivity contribution < 1.29 is 18.7 Å². The van der Waals surface area contributed by atoms with Gasteiger partial charge in [-0.25, -0.2) is 9.37 Å². The van der Waals surface area contributed by atoms with Gasteiger partial charge in [0.15, 0.2) is 5.75 Å². The van der Waals surface area contributed by atoms with Gasteiger partial charge >= 0.3 is 0 Å². The first-order chi connectivity index (χ1) is 19.2. The molecule has 0 aliphatic carbocycles. The summed E-state index contributed by atoms with van der Waals surface area (Å²) in [6, 6.07) is 6.16. The Hall–Kier alpha value is -3.17. The standard InChI is InChI=1S/C30H35ClFN5O3/c1-4-23(38)35-13-14-36-20(16-35)17-40-27-24(29(36)39)28(33-26(25(27)31)21-7-5-6-8-22(21)32)37-18-30(15-19(37)2)9-11-34(3)12-10-30/h4-8,19-20H,1,9-18H2,2-3H3/t19-,20+/m0/s1. The molecule has 0 radical (unpaired) electrons. The highest BCUT2D eigenvalue weighted by molar-refractivity contribution is 6.35. The summed E-state index contributed by atoms with van der Waals surface area (Å²) in [5.41, 5.74) is 0.985. The molecule has 2 amide bonds. The zero-order valence-corrected chi connectivity index (χ0v) is 23.8. The number of likely N-dealkylation sites (tertiary alicyclic amines) is 1. The fraction of sp³-hybridized carbons (Fsp3) is 0.500. The van der Waals surface area contributed by atoms with Gasteiger partial charge in [0, 0.05) is 37.8 Å². The van der Waals surface area contributed by atoms with E-state index in [9.17, 15) is 9.59 Å². The minimum atomic E-state index is -0.444. The number of anilines is 1. The van der Waals surface area contributed by atoms with E-state index < -0.39 is 5.82 Å². The van der Waals surface area contributed by atoms with Crippen molar-refractivity contribution in [1.82, 2.24) is 19.7 Å². The second-order valence-electron chi connectivity index (χ2n) is 11.7. The Morgan fingerprint density at radius 3 is 2.67 bits per heavy atom. The number of halogens is 2. The molecule has 10 heteroatoms. The molecule has 4 aliphatic heterocycles. The van der Waals surface area contributed by atoms with Gasteiger partial charge in [0.1, 0.15) is 28.8 Å². The van der Waals surface area contributed by atoms with Gasteiger partial charge < -0.3 is 24.3 Å². The number of piperidine rings is 1. The number of amides is 2. The first-order valence-corrected chi connectivity index (χ1v) is 14.4. The molecule has 5 heterocycles. The quantitative estimate of drug-likeness (QED) is 0.521. The lowest BCUT2D eigenvalue weighted by molar-refractivity contribution is -0.128. The minimum Gasteiger partial charge on any atom is -0.489 e. The molecule has 212 valence electrons. The number of carbonyl (C=O) groups excluding carboxylic acids is 2. The number of benzene rings is 1. The number of rotatable bonds is 3. The number of ether oxygens (including phenoxy) is 1. The lowest BCUT2D eigenvalue weighted by atomic mass is 9.77. The maximum Gasteiger partial charge on any atom is 0.261 e. The van der Waals surface area contributed by atoms with Crippen LogP contribution >= 0.6 is 11.6 Å². The second-order valence-corrected chi connectivity index (χ2v) is 12.1. The van der Waals surface area contributed by atoms with E-state index in [0.717, 1.165) is 38.9 Å². The van der Waals surface area contributed by atoms with Crippen LogP contribution in [0.15, 0.2) is 36.9 Å². The van der Waals surface area contributed by atoms with Crippen molar-refractivity contribution in [3.8, 4) is 17.0 Å². The Bertz CT molecular complexity index is 1360. The van der Waals surface area contributed by atoms with Crippen LogP contribution in [-0.2, 0) is 4.79 Å². The molecule has 0 bridgehead atoms. The summed E-state index contributed by atoms with van der Waals surface area (Å²) in [6.45, 7) is 9.86. The zero-order valence-electron chi connectivity index (χ0n) is 23.0. The van der Waals surface area contributed by atoms with E-state index in [4.69, 9.17) is 21.3 Å². The summed E-state index contributed by atoms with van der Waals surface area (Å²) in [5, 5.41) is 0.122. The molecule has 0 N–H and O–H groups in total. The normalized spacial score (nSPS) is 24.4. The third-order valence-electron chi connectivity index (χ3n) is 9.15. The molecule has 2 aromatic rings. The topological polar surface area (TPSA) is 69.2 Å². The van der Waals surface area contributed by atoms with Crippen molar-refractivity contribution in [3.05, 3.63) is 53.3 Å². The number of hydrogen-bond acceptors (Lipinski definition) is 6. The highest BCUT2D eigenvalue weighted by Gasteiger charge is 2.47. The smallest absolute Gasteiger partial charge is 0.261 e. The van der Waals surface area contributed by atoms with E-state index in [1.165, 1.54) is 12.1 Å². The van der Waals surface area contributed by atoms with Gasteiger partial charge in [-0.05, 0) is 69.9 Å². The number of piperazine rings is 1. The number of carbonyl (C=O) groups is 2. The van der Waals surface area contributed by atoms with E-state index >= 15 is 4.39 Å². The number of fused-ring (bicyclic) bond motifs is 2. The second kappa shape index (κ2) is 10.3. The first kappa shape index (κ1) is 27.0. The maximum absolute atomic E-state index is 15.1. The molecule has 3 fully saturated rings. The Morgan fingerprint density at radius 1 is 1.20 bits per heavy atom. The lowest BCUT2D eigenvalue weighted by Gasteiger charge is -2.39. The van der Waals surface area contributed by atoms with Crippen LogP contribution in [0.2, 0.25) is 5.02 Å². The largest absolute Gasteiger partial charge is 0.489 e. The Labute approximate surface area is 239 Å². The van der Waals surface area contributed by atoms with Crippen LogP contribution in [0.5, 0.6) is 5.75 Å². The molecule has 3 saturated heterocycles. The molecule has 6 rings (SSSR count). The van der Waals surface area contributed by atoms with Crippen LogP contribution in [0.4, 0.5) is 10.2 Å². The summed E-state index contributed by atoms with van der Waals surface area (Å²) >= 11 is 6.92. The third kappa shape index (κ3) is 4.53. The van der Waals surface area contributed by atoms with Crippen LogP contribution in [0.1, 0.15) is 36.5 Å². The predicted molar refractivity (Wildman–Crippen MR) is 152 cm³/mol. The lowest BCUT2D eigenvalue weighted by Crippen LogP contribution is -2.57. The molecule has 2 atom stereocenters. The van der Waals surface area contributed by atoms with Crippen molar-refractivity contribution in [3.63, 3.8) is 0 Å². The van der Waals surface area contributed by atoms with Crippen LogP contribution in [0, 0.1) is 11.2 Å². The molecule has 4 aliphatic rings. The molecule has 1 spiro atoms. The maximum atomic E-state index is 15.1. The van der Waals surface area contributed by atoms with Crippen LogP contribution in [0.3, 0.4) is 0 Å². The van der Waals surface area contributed by atoms with E-state index in [1.807, 2.05) is 0 Å². The average molecular weight is 568 g/mol. The Kier molecular flexibility index (Phi) is 6.99. The first-order valence-electron chi connectivity index (χ1n) is 14.0. The van der Waals surface area contributed by atoms with Crippen molar-refractivity contribution in [2.24, 2.45) is 5.41 Å². The van der Waals surface area contributed by atoms with Gasteiger partial charge in [0.25, 0.3) is 5.91 Å². The summed E-state index contributed by atoms with van der Waals surface area (Å²) in [4.78, 5) is 39.6. The van der Waals surface area contributed by atoms with Gasteiger partial charge in [0.2, 0.25) is 5.91 Å². The number of aromatic nitrogens is 1. The van der Waals surface area contributed by atoms with Gasteiger partial charge in [-0.2, -0.15) is 0 Å². The van der Waals surface area contributed by atoms with Crippen LogP contribution < -0.4 is 9.64 Å². The van der Waals surface area contributed by atoms with Gasteiger partial charge in [-0.1, -0.05) is 30.3 Å². The van der Waals surface area contributed by atoms with E-state index in [1.54, 1.807) is 28.0 Å². The van der Waals surface area contributed by atoms with Crippen molar-refractivity contribution in [2.75, 3.05) is 57.8 Å². The molecular formula is C30H35ClFN5O3. The van der Waals surface area contributed by atoms with E-state index in [0.29, 0.717) is 31.0 Å². The van der Waals surface area contributed by atoms with Crippen molar-refractivity contribution >= 4 is 29.2 Å². The van der Waals surface area contributed by atoms with E-state index in [-0.39, 0.29) is 57.9 Å². The fourth-order valence-corrected chi connectivity index (χ4v) is 7.17. The SMILES string of the molecule is C=CC(=O)N1CCN2C(=O)c3c(N4CC5(CCN(C)CC5)C[C@@H]4C)nc(-c4ccccc4F)c(Cl)c3OC[C@H]2C1. The molecular weight excluding hydrogens is 533 g/mol. The number of hydrogen-bond donors (Lipinski definition) is 0. The summed E-state index contributed by atoms with van der Waals surface area (Å²) in [7, 11) is 2.15. The van der Waals surface area contributed by atoms with Crippen molar-refractivity contribution in [1.29, 1.82) is 0 Å². The molecule has 1 aromatic heterocycles. The predicted octanol–water partition coefficient (Wildman–Crippen LogP) is 4.08. The molecule has 0 unspecified atom stereocenters. The number of nitrogens with zero attached hydrogens (tertiary/aromatic N) is 5. The zero-order chi connectivity index (χ0) is 28.2. The van der Waals surface area contributed by atoms with Gasteiger partial charge in [-0.3, -0.25) is 9.59 Å². The van der Waals surface area contributed by atoms with Crippen LogP contribution in [-0.4, -0.2) is 96.5 Å². The van der Waals surface area contributed by atoms with Crippen LogP contribution in [0.25, 0.3) is 11.3 Å². The molecule has 8 nitrogen and oxygen atoms in total. The highest BCUT2D eigenvalue weighted by Crippen LogP contribution is 2.49. The highest BCUT2D eigenvalue weighted by atomic mass is 35.5. The average Bonchev–Trinajstić information content (AvgIpc) is 3.20. The Morgan fingerprint density at radius 2 is 1.95 bits per heavy atom. The summed E-state index contributed by atoms with van der Waals surface area (Å²) in [5.74, 6) is -0.103. The molecule has 40 heavy (non-hydrogen) atoms. The van der Waals surface area contributed by atoms with Gasteiger partial charge in [0.05, 0.1) is 11.7 Å². The Balaban J connectivity index is 1.46. The third-order valence-corrected chi connectivity index (χ3v) is 9.51. The monoisotopic (exact) mass is 567 g/mol. The fourth-order valence-electron chi connectivity index (χ4n) is 6.87. The van der Waals surface area contributed by atoms with Crippen molar-refractivity contribution in [2.45, 2.75) is 38.3 Å². The molecule has 1 aromatic carbocycles. The summed E-state index contributed by atoms with van der Waals surface area (Å²) < 4.78 is 21.4. The van der Waals surface area contributed by atoms with E-state index in [2.05, 4.69) is 30.4 Å². The number of pyridine rings is 1. The summed E-state index contributed by atoms with van der Waals surface area (Å²) in [6.07, 6.45) is 4.43. The van der Waals surface area contributed by atoms with Gasteiger partial charge in [-0.15, -0.1) is 0 Å². The molecule has 0 saturated carbocycles. The minimum absolute atomic E-state index is 0.122.